The van der Waals surface area contributed by atoms with Crippen molar-refractivity contribution in [1.29, 1.82) is 0 Å². The number of ether oxygens (including phenoxy) is 1. The number of halogens is 1. The molecule has 166 valence electrons. The van der Waals surface area contributed by atoms with E-state index < -0.39 is 11.9 Å². The molecule has 1 aliphatic rings. The standard InChI is InChI=1S/C24H25FN4O3/c25-20-9-5-4-8-18(20)14-22(30)27-21(17-6-2-1-3-7-17)15-19-16-23(31)28-24(26-19)29-10-12-32-13-11-29/h1-9,16,21H,10-15H2,(H,27,30)(H,26,28,31)/t21-/m1/s1. The smallest absolute Gasteiger partial charge is 0.252 e. The molecule has 0 saturated carbocycles. The molecule has 2 aromatic carbocycles. The summed E-state index contributed by atoms with van der Waals surface area (Å²) in [6.07, 6.45) is 0.256. The minimum absolute atomic E-state index is 0.0716. The van der Waals surface area contributed by atoms with Crippen LogP contribution >= 0.6 is 0 Å². The lowest BCUT2D eigenvalue weighted by molar-refractivity contribution is -0.121. The maximum absolute atomic E-state index is 14.0. The third-order valence-corrected chi connectivity index (χ3v) is 5.35. The van der Waals surface area contributed by atoms with Gasteiger partial charge in [0.15, 0.2) is 0 Å². The molecule has 0 bridgehead atoms. The van der Waals surface area contributed by atoms with Gasteiger partial charge in [0, 0.05) is 25.6 Å². The van der Waals surface area contributed by atoms with Crippen molar-refractivity contribution in [3.63, 3.8) is 0 Å². The largest absolute Gasteiger partial charge is 0.378 e. The molecule has 32 heavy (non-hydrogen) atoms. The van der Waals surface area contributed by atoms with E-state index in [9.17, 15) is 14.0 Å². The van der Waals surface area contributed by atoms with Gasteiger partial charge < -0.3 is 15.0 Å². The van der Waals surface area contributed by atoms with E-state index in [2.05, 4.69) is 15.3 Å². The van der Waals surface area contributed by atoms with E-state index in [0.717, 1.165) is 5.56 Å². The van der Waals surface area contributed by atoms with Crippen LogP contribution in [0.15, 0.2) is 65.5 Å². The van der Waals surface area contributed by atoms with Crippen LogP contribution in [-0.2, 0) is 22.4 Å². The zero-order valence-electron chi connectivity index (χ0n) is 17.6. The highest BCUT2D eigenvalue weighted by Crippen LogP contribution is 2.19. The van der Waals surface area contributed by atoms with Crippen molar-refractivity contribution in [3.8, 4) is 0 Å². The second-order valence-electron chi connectivity index (χ2n) is 7.66. The number of hydrogen-bond acceptors (Lipinski definition) is 5. The predicted molar refractivity (Wildman–Crippen MR) is 119 cm³/mol. The number of amides is 1. The average Bonchev–Trinajstić information content (AvgIpc) is 2.81. The molecule has 1 amide bonds. The summed E-state index contributed by atoms with van der Waals surface area (Å²) in [5.74, 6) is -0.215. The highest BCUT2D eigenvalue weighted by molar-refractivity contribution is 5.79. The highest BCUT2D eigenvalue weighted by Gasteiger charge is 2.19. The van der Waals surface area contributed by atoms with Crippen LogP contribution in [0.25, 0.3) is 0 Å². The van der Waals surface area contributed by atoms with Gasteiger partial charge in [-0.1, -0.05) is 48.5 Å². The predicted octanol–water partition coefficient (Wildman–Crippen LogP) is 2.39. The second-order valence-corrected chi connectivity index (χ2v) is 7.66. The van der Waals surface area contributed by atoms with Gasteiger partial charge in [-0.25, -0.2) is 9.37 Å². The molecule has 0 spiro atoms. The van der Waals surface area contributed by atoms with Crippen LogP contribution in [-0.4, -0.2) is 42.2 Å². The molecule has 2 heterocycles. The first-order valence-electron chi connectivity index (χ1n) is 10.6. The molecule has 1 fully saturated rings. The van der Waals surface area contributed by atoms with Crippen LogP contribution in [0.3, 0.4) is 0 Å². The number of rotatable bonds is 7. The fourth-order valence-corrected chi connectivity index (χ4v) is 3.73. The molecule has 4 rings (SSSR count). The second kappa shape index (κ2) is 10.2. The van der Waals surface area contributed by atoms with Crippen molar-refractivity contribution in [2.45, 2.75) is 18.9 Å². The number of hydrogen-bond donors (Lipinski definition) is 2. The van der Waals surface area contributed by atoms with E-state index in [4.69, 9.17) is 4.74 Å². The first-order chi connectivity index (χ1) is 15.6. The number of carbonyl (C=O) groups is 1. The summed E-state index contributed by atoms with van der Waals surface area (Å²) in [7, 11) is 0. The zero-order valence-corrected chi connectivity index (χ0v) is 17.6. The Bertz CT molecular complexity index is 1110. The average molecular weight is 436 g/mol. The summed E-state index contributed by atoms with van der Waals surface area (Å²) in [6, 6.07) is 16.7. The van der Waals surface area contributed by atoms with Gasteiger partial charge in [0.25, 0.3) is 5.56 Å². The Kier molecular flexibility index (Phi) is 6.91. The van der Waals surface area contributed by atoms with Crippen molar-refractivity contribution in [2.24, 2.45) is 0 Å². The van der Waals surface area contributed by atoms with Gasteiger partial charge in [0.2, 0.25) is 11.9 Å². The quantitative estimate of drug-likeness (QED) is 0.594. The number of nitrogens with one attached hydrogen (secondary N) is 2. The highest BCUT2D eigenvalue weighted by atomic mass is 19.1. The normalized spacial score (nSPS) is 14.7. The van der Waals surface area contributed by atoms with Crippen LogP contribution in [0.4, 0.5) is 10.3 Å². The molecule has 2 N–H and O–H groups in total. The van der Waals surface area contributed by atoms with E-state index in [1.165, 1.54) is 12.1 Å². The van der Waals surface area contributed by atoms with E-state index in [1.54, 1.807) is 18.2 Å². The van der Waals surface area contributed by atoms with Gasteiger partial charge in [-0.15, -0.1) is 0 Å². The number of morpholine rings is 1. The van der Waals surface area contributed by atoms with Gasteiger partial charge in [-0.3, -0.25) is 14.6 Å². The Morgan fingerprint density at radius 1 is 1.12 bits per heavy atom. The monoisotopic (exact) mass is 436 g/mol. The molecule has 1 aromatic heterocycles. The van der Waals surface area contributed by atoms with Gasteiger partial charge in [0.1, 0.15) is 5.82 Å². The van der Waals surface area contributed by atoms with Gasteiger partial charge in [-0.05, 0) is 17.2 Å². The molecule has 7 nitrogen and oxygen atoms in total. The number of carbonyl (C=O) groups excluding carboxylic acids is 1. The minimum Gasteiger partial charge on any atom is -0.378 e. The maximum Gasteiger partial charge on any atom is 0.252 e. The van der Waals surface area contributed by atoms with Crippen LogP contribution in [0.1, 0.15) is 22.9 Å². The molecular formula is C24H25FN4O3. The lowest BCUT2D eigenvalue weighted by Gasteiger charge is -2.27. The van der Waals surface area contributed by atoms with E-state index in [-0.39, 0.29) is 17.9 Å². The number of aromatic nitrogens is 2. The number of benzene rings is 2. The molecule has 1 atom stereocenters. The summed E-state index contributed by atoms with van der Waals surface area (Å²) in [5, 5.41) is 2.98. The maximum atomic E-state index is 14.0. The molecular weight excluding hydrogens is 411 g/mol. The minimum atomic E-state index is -0.415. The van der Waals surface area contributed by atoms with Gasteiger partial charge in [0.05, 0.1) is 31.4 Å². The summed E-state index contributed by atoms with van der Waals surface area (Å²) >= 11 is 0. The Morgan fingerprint density at radius 2 is 1.84 bits per heavy atom. The first kappa shape index (κ1) is 21.7. The number of anilines is 1. The topological polar surface area (TPSA) is 87.3 Å². The lowest BCUT2D eigenvalue weighted by atomic mass is 10.0. The third-order valence-electron chi connectivity index (χ3n) is 5.35. The number of nitrogens with zero attached hydrogens (tertiary/aromatic N) is 2. The SMILES string of the molecule is O=C(Cc1ccccc1F)N[C@H](Cc1cc(=O)[nH]c(N2CCOCC2)n1)c1ccccc1. The summed E-state index contributed by atoms with van der Waals surface area (Å²) in [6.45, 7) is 2.45. The third kappa shape index (κ3) is 5.59. The van der Waals surface area contributed by atoms with Crippen molar-refractivity contribution in [1.82, 2.24) is 15.3 Å². The molecule has 1 saturated heterocycles. The molecule has 3 aromatic rings. The van der Waals surface area contributed by atoms with E-state index >= 15 is 0 Å². The molecule has 0 aliphatic carbocycles. The summed E-state index contributed by atoms with van der Waals surface area (Å²) in [5.41, 5.74) is 1.53. The molecule has 0 radical (unpaired) electrons. The summed E-state index contributed by atoms with van der Waals surface area (Å²) < 4.78 is 19.4. The number of aromatic amines is 1. The fourth-order valence-electron chi connectivity index (χ4n) is 3.73. The Hall–Kier alpha value is -3.52. The zero-order chi connectivity index (χ0) is 22.3. The van der Waals surface area contributed by atoms with Crippen molar-refractivity contribution in [3.05, 3.63) is 93.7 Å². The van der Waals surface area contributed by atoms with Crippen molar-refractivity contribution >= 4 is 11.9 Å². The Labute approximate surface area is 185 Å². The van der Waals surface area contributed by atoms with Crippen LogP contribution in [0.2, 0.25) is 0 Å². The van der Waals surface area contributed by atoms with E-state index in [1.807, 2.05) is 35.2 Å². The number of H-pyrrole nitrogens is 1. The molecule has 1 aliphatic heterocycles. The summed E-state index contributed by atoms with van der Waals surface area (Å²) in [4.78, 5) is 34.4. The fraction of sp³-hybridized carbons (Fsp3) is 0.292. The van der Waals surface area contributed by atoms with Crippen molar-refractivity contribution in [2.75, 3.05) is 31.2 Å². The molecule has 0 unspecified atom stereocenters. The van der Waals surface area contributed by atoms with Crippen LogP contribution in [0, 0.1) is 5.82 Å². The van der Waals surface area contributed by atoms with Gasteiger partial charge in [-0.2, -0.15) is 0 Å². The molecule has 8 heteroatoms. The lowest BCUT2D eigenvalue weighted by Crippen LogP contribution is -2.38. The van der Waals surface area contributed by atoms with Crippen molar-refractivity contribution < 1.29 is 13.9 Å². The van der Waals surface area contributed by atoms with E-state index in [0.29, 0.717) is 49.9 Å². The van der Waals surface area contributed by atoms with Gasteiger partial charge >= 0.3 is 0 Å². The van der Waals surface area contributed by atoms with Crippen LogP contribution in [0.5, 0.6) is 0 Å². The Balaban J connectivity index is 1.55. The first-order valence-corrected chi connectivity index (χ1v) is 10.6. The Morgan fingerprint density at radius 3 is 2.59 bits per heavy atom. The van der Waals surface area contributed by atoms with Crippen LogP contribution < -0.4 is 15.8 Å².